The number of aryl methyl sites for hydroxylation is 5. The number of para-hydroxylation sites is 4. The normalized spacial score (nSPS) is 13.4. The van der Waals surface area contributed by atoms with Gasteiger partial charge in [-0.15, -0.1) is 89.0 Å². The first kappa shape index (κ1) is 60.9. The Morgan fingerprint density at radius 2 is 1.16 bits per heavy atom. The number of rotatable bonds is 14. The van der Waals surface area contributed by atoms with Crippen LogP contribution in [0.25, 0.3) is 106 Å². The predicted molar refractivity (Wildman–Crippen MR) is 372 cm³/mol. The van der Waals surface area contributed by atoms with Crippen LogP contribution in [0.5, 0.6) is 0 Å². The van der Waals surface area contributed by atoms with E-state index in [2.05, 4.69) is 222 Å². The molecule has 0 atom stereocenters. The van der Waals surface area contributed by atoms with Crippen molar-refractivity contribution in [2.24, 2.45) is 5.41 Å². The van der Waals surface area contributed by atoms with Crippen LogP contribution in [0.15, 0.2) is 221 Å². The van der Waals surface area contributed by atoms with E-state index >= 15 is 0 Å². The zero-order valence-corrected chi connectivity index (χ0v) is 55.4. The van der Waals surface area contributed by atoms with Gasteiger partial charge < -0.3 is 23.4 Å². The largest absolute Gasteiger partial charge is 3.00 e. The van der Waals surface area contributed by atoms with Gasteiger partial charge in [0.2, 0.25) is 0 Å². The van der Waals surface area contributed by atoms with E-state index < -0.39 is 0 Å². The van der Waals surface area contributed by atoms with Crippen molar-refractivity contribution < 1.29 is 28.9 Å². The first-order valence-electron chi connectivity index (χ1n) is 32.2. The minimum absolute atomic E-state index is 0. The Labute approximate surface area is 548 Å². The third kappa shape index (κ3) is 12.8. The molecule has 14 aromatic rings. The van der Waals surface area contributed by atoms with Crippen LogP contribution in [0.4, 0.5) is 0 Å². The molecule has 9 aromatic carbocycles. The first-order chi connectivity index (χ1) is 43.9. The molecule has 6 nitrogen and oxygen atoms in total. The Bertz CT molecular complexity index is 4840. The maximum absolute atomic E-state index is 6.52. The summed E-state index contributed by atoms with van der Waals surface area (Å²) in [6.45, 7) is 16.1. The summed E-state index contributed by atoms with van der Waals surface area (Å²) in [7, 11) is 0. The molecule has 1 aliphatic carbocycles. The van der Waals surface area contributed by atoms with Gasteiger partial charge >= 0.3 is 20.1 Å². The Kier molecular flexibility index (Phi) is 17.4. The number of benzene rings is 9. The van der Waals surface area contributed by atoms with Crippen LogP contribution in [0.3, 0.4) is 0 Å². The van der Waals surface area contributed by atoms with Gasteiger partial charge in [-0.1, -0.05) is 163 Å². The summed E-state index contributed by atoms with van der Waals surface area (Å²) in [4.78, 5) is 14.5. The molecule has 0 bridgehead atoms. The minimum Gasteiger partial charge on any atom is -0.501 e. The third-order valence-electron chi connectivity index (χ3n) is 18.6. The molecule has 0 N–H and O–H groups in total. The quantitative estimate of drug-likeness (QED) is 0.101. The Hall–Kier alpha value is -9.00. The maximum atomic E-state index is 6.52. The van der Waals surface area contributed by atoms with Crippen molar-refractivity contribution in [1.29, 1.82) is 0 Å². The number of aromatic nitrogens is 4. The van der Waals surface area contributed by atoms with Gasteiger partial charge in [-0.05, 0) is 179 Å². The molecule has 0 saturated heterocycles. The number of imidazole rings is 1. The summed E-state index contributed by atoms with van der Waals surface area (Å²) in [6.07, 6.45) is 13.2. The van der Waals surface area contributed by atoms with Gasteiger partial charge in [0.05, 0.1) is 22.4 Å². The molecule has 1 aliphatic rings. The van der Waals surface area contributed by atoms with Crippen LogP contribution in [-0.4, -0.2) is 19.5 Å². The van der Waals surface area contributed by atoms with Gasteiger partial charge in [0.15, 0.2) is 0 Å². The fraction of sp³-hybridized carbons (Fsp3) is 0.226. The smallest absolute Gasteiger partial charge is 0.501 e. The van der Waals surface area contributed by atoms with Crippen molar-refractivity contribution >= 4 is 54.9 Å². The molecule has 0 unspecified atom stereocenters. The van der Waals surface area contributed by atoms with Crippen LogP contribution < -0.4 is 0 Å². The molecule has 0 amide bonds. The summed E-state index contributed by atoms with van der Waals surface area (Å²) < 4.78 is 15.2. The number of hydrogen-bond acceptors (Lipinski definition) is 5. The van der Waals surface area contributed by atoms with E-state index in [1.165, 1.54) is 75.9 Å². The predicted octanol–water partition coefficient (Wildman–Crippen LogP) is 22.2. The molecule has 5 aromatic heterocycles. The van der Waals surface area contributed by atoms with E-state index in [0.29, 0.717) is 11.3 Å². The Morgan fingerprint density at radius 1 is 0.538 bits per heavy atom. The van der Waals surface area contributed by atoms with Crippen LogP contribution >= 0.6 is 0 Å². The van der Waals surface area contributed by atoms with Crippen molar-refractivity contribution in [2.45, 2.75) is 118 Å². The molecule has 7 heteroatoms. The fourth-order valence-corrected chi connectivity index (χ4v) is 13.5. The number of fused-ring (bicyclic) bond motifs is 7. The van der Waals surface area contributed by atoms with Crippen LogP contribution in [-0.2, 0) is 45.8 Å². The fourth-order valence-electron chi connectivity index (χ4n) is 13.5. The average molecular weight is 1360 g/mol. The van der Waals surface area contributed by atoms with E-state index in [0.717, 1.165) is 120 Å². The second-order valence-corrected chi connectivity index (χ2v) is 26.3. The molecule has 91 heavy (non-hydrogen) atoms. The maximum Gasteiger partial charge on any atom is 3.00 e. The van der Waals surface area contributed by atoms with Gasteiger partial charge in [0.25, 0.3) is 0 Å². The average Bonchev–Trinajstić information content (AvgIpc) is 1.96. The van der Waals surface area contributed by atoms with Crippen LogP contribution in [0.1, 0.15) is 129 Å². The van der Waals surface area contributed by atoms with Gasteiger partial charge in [0, 0.05) is 34.2 Å². The van der Waals surface area contributed by atoms with Crippen molar-refractivity contribution in [2.75, 3.05) is 0 Å². The standard InChI is InChI=1S/C43H33N2O2.C41H42N2.Ir/c1-25(2)34-22-28(27-20-21-31-29-12-5-9-18-38(29)46-40(31)24-27)23-35(26(3)4)41(34)45-37-17-8-7-16-36(37)44-43(45)33-15-11-14-32-30-13-6-10-19-39(30)47-42(32)33;1-30-7-16-36(17-8-30)40-20-15-32(29-43-40)10-12-34-26-33(27-38(28-34)35-21-23-41(2,3)24-22-35)11-9-31-13-18-37(19-14-31)39-6-4-5-25-42-39;/h5-14,16-26H,1-4H3;4-8,13-16,18,20,25-29,35H,9-12,21-24H2,1-3H3;/q-1;-2;+3. The summed E-state index contributed by atoms with van der Waals surface area (Å²) in [5.74, 6) is 2.00. The molecular formula is C84H75IrN4O2. The molecular weight excluding hydrogens is 1290 g/mol. The number of pyridine rings is 2. The Morgan fingerprint density at radius 3 is 1.84 bits per heavy atom. The first-order valence-corrected chi connectivity index (χ1v) is 32.2. The van der Waals surface area contributed by atoms with Gasteiger partial charge in [0.1, 0.15) is 16.7 Å². The van der Waals surface area contributed by atoms with Crippen molar-refractivity contribution in [3.05, 3.63) is 275 Å². The molecule has 15 rings (SSSR count). The Balaban J connectivity index is 0.000000166. The molecule has 5 heterocycles. The number of furan rings is 2. The van der Waals surface area contributed by atoms with E-state index in [9.17, 15) is 0 Å². The van der Waals surface area contributed by atoms with Crippen molar-refractivity contribution in [3.8, 4) is 50.7 Å². The molecule has 0 radical (unpaired) electrons. The SMILES string of the molecule is CC(C)c1cc(-c2ccc3c(c2)oc2ccccc23)cc(C(C)C)c1-n1c(-c2[c-]ccc3c2oc2ccccc23)nc2ccccc21.Cc1c[c-]c(-c2ccc(CCc3cc(CCc4c[c-]c(-c5ccccn5)cc4)cc(C4CCC(C)(C)CC4)c3)cn2)cc1.[Ir+3]. The third-order valence-corrected chi connectivity index (χ3v) is 18.6. The molecule has 1 saturated carbocycles. The molecule has 0 aliphatic heterocycles. The van der Waals surface area contributed by atoms with Crippen molar-refractivity contribution in [3.63, 3.8) is 0 Å². The summed E-state index contributed by atoms with van der Waals surface area (Å²) >= 11 is 0. The molecule has 452 valence electrons. The van der Waals surface area contributed by atoms with E-state index in [1.54, 1.807) is 5.56 Å². The second kappa shape index (κ2) is 26.1. The van der Waals surface area contributed by atoms with Gasteiger partial charge in [-0.3, -0.25) is 4.98 Å². The topological polar surface area (TPSA) is 69.9 Å². The van der Waals surface area contributed by atoms with E-state index in [1.807, 2.05) is 67.0 Å². The summed E-state index contributed by atoms with van der Waals surface area (Å²) in [5.41, 5.74) is 25.2. The second-order valence-electron chi connectivity index (χ2n) is 26.3. The number of hydrogen-bond donors (Lipinski definition) is 0. The molecule has 1 fully saturated rings. The van der Waals surface area contributed by atoms with Gasteiger partial charge in [-0.25, -0.2) is 0 Å². The van der Waals surface area contributed by atoms with E-state index in [-0.39, 0.29) is 31.9 Å². The monoisotopic (exact) mass is 1360 g/mol. The molecule has 0 spiro atoms. The van der Waals surface area contributed by atoms with Crippen LogP contribution in [0, 0.1) is 30.5 Å². The summed E-state index contributed by atoms with van der Waals surface area (Å²) in [5, 5.41) is 4.44. The van der Waals surface area contributed by atoms with Crippen molar-refractivity contribution in [1.82, 2.24) is 19.5 Å². The zero-order valence-electron chi connectivity index (χ0n) is 53.0. The minimum atomic E-state index is 0. The van der Waals surface area contributed by atoms with E-state index in [4.69, 9.17) is 18.8 Å². The summed E-state index contributed by atoms with van der Waals surface area (Å²) in [6, 6.07) is 81.2. The van der Waals surface area contributed by atoms with Crippen LogP contribution in [0.2, 0.25) is 0 Å². The number of nitrogens with zero attached hydrogens (tertiary/aromatic N) is 4. The van der Waals surface area contributed by atoms with Gasteiger partial charge in [-0.2, -0.15) is 0 Å². The zero-order chi connectivity index (χ0) is 61.5.